The predicted molar refractivity (Wildman–Crippen MR) is 75.8 cm³/mol. The van der Waals surface area contributed by atoms with Gasteiger partial charge in [0.2, 0.25) is 0 Å². The number of hydrogen-bond acceptors (Lipinski definition) is 3. The molecule has 0 aromatic heterocycles. The third kappa shape index (κ3) is 6.72. The fourth-order valence-corrected chi connectivity index (χ4v) is 2.36. The van der Waals surface area contributed by atoms with Crippen molar-refractivity contribution in [1.29, 1.82) is 0 Å². The highest BCUT2D eigenvalue weighted by Crippen LogP contribution is 2.25. The molecule has 0 aromatic carbocycles. The third-order valence-electron chi connectivity index (χ3n) is 3.55. The van der Waals surface area contributed by atoms with Gasteiger partial charge in [0.1, 0.15) is 0 Å². The summed E-state index contributed by atoms with van der Waals surface area (Å²) >= 11 is 0. The van der Waals surface area contributed by atoms with Crippen LogP contribution in [0, 0.1) is 5.92 Å². The monoisotopic (exact) mass is 257 g/mol. The molecule has 0 radical (unpaired) electrons. The van der Waals surface area contributed by atoms with Crippen LogP contribution in [-0.2, 0) is 4.74 Å². The van der Waals surface area contributed by atoms with Crippen molar-refractivity contribution in [2.24, 2.45) is 5.92 Å². The van der Waals surface area contributed by atoms with Crippen LogP contribution in [0.15, 0.2) is 0 Å². The maximum Gasteiger partial charge on any atom is 0.0611 e. The van der Waals surface area contributed by atoms with Crippen molar-refractivity contribution in [3.63, 3.8) is 0 Å². The van der Waals surface area contributed by atoms with Crippen molar-refractivity contribution >= 4 is 0 Å². The Morgan fingerprint density at radius 1 is 1.33 bits per heavy atom. The van der Waals surface area contributed by atoms with E-state index in [0.29, 0.717) is 6.04 Å². The lowest BCUT2D eigenvalue weighted by Gasteiger charge is -2.31. The second-order valence-electron chi connectivity index (χ2n) is 6.56. The first-order valence-corrected chi connectivity index (χ1v) is 7.45. The molecule has 3 nitrogen and oxygen atoms in total. The lowest BCUT2D eigenvalue weighted by Crippen LogP contribution is -2.49. The second-order valence-corrected chi connectivity index (χ2v) is 6.56. The molecule has 3 heteroatoms. The number of aliphatic hydroxyl groups is 1. The number of hydrogen-bond donors (Lipinski definition) is 2. The highest BCUT2D eigenvalue weighted by Gasteiger charge is 2.33. The smallest absolute Gasteiger partial charge is 0.0611 e. The van der Waals surface area contributed by atoms with Crippen molar-refractivity contribution in [3.05, 3.63) is 0 Å². The summed E-state index contributed by atoms with van der Waals surface area (Å²) in [6.45, 7) is 9.71. The molecule has 1 fully saturated rings. The van der Waals surface area contributed by atoms with Crippen molar-refractivity contribution < 1.29 is 9.84 Å². The minimum Gasteiger partial charge on any atom is -0.394 e. The largest absolute Gasteiger partial charge is 0.394 e. The number of rotatable bonds is 10. The molecule has 2 N–H and O–H groups in total. The Morgan fingerprint density at radius 2 is 2.00 bits per heavy atom. The first-order chi connectivity index (χ1) is 8.45. The lowest BCUT2D eigenvalue weighted by atomic mass is 9.95. The molecule has 1 aliphatic carbocycles. The zero-order valence-corrected chi connectivity index (χ0v) is 12.5. The van der Waals surface area contributed by atoms with Crippen LogP contribution in [0.4, 0.5) is 0 Å². The summed E-state index contributed by atoms with van der Waals surface area (Å²) in [4.78, 5) is 0. The van der Waals surface area contributed by atoms with Gasteiger partial charge in [-0.2, -0.15) is 0 Å². The van der Waals surface area contributed by atoms with Crippen LogP contribution < -0.4 is 5.32 Å². The maximum absolute atomic E-state index is 9.54. The van der Waals surface area contributed by atoms with E-state index in [1.54, 1.807) is 0 Å². The summed E-state index contributed by atoms with van der Waals surface area (Å²) in [5.74, 6) is 0.753. The average Bonchev–Trinajstić information content (AvgIpc) is 3.08. The minimum absolute atomic E-state index is 0.182. The molecule has 1 aliphatic rings. The van der Waals surface area contributed by atoms with Crippen LogP contribution in [0.3, 0.4) is 0 Å². The van der Waals surface area contributed by atoms with Gasteiger partial charge in [0, 0.05) is 18.2 Å². The van der Waals surface area contributed by atoms with Gasteiger partial charge in [0.15, 0.2) is 0 Å². The Kier molecular flexibility index (Phi) is 6.61. The normalized spacial score (nSPS) is 21.0. The quantitative estimate of drug-likeness (QED) is 0.591. The van der Waals surface area contributed by atoms with Gasteiger partial charge in [-0.1, -0.05) is 13.8 Å². The van der Waals surface area contributed by atoms with Crippen molar-refractivity contribution in [1.82, 2.24) is 5.32 Å². The summed E-state index contributed by atoms with van der Waals surface area (Å²) in [6.07, 6.45) is 5.94. The predicted octanol–water partition coefficient (Wildman–Crippen LogP) is 2.72. The molecule has 0 aliphatic heterocycles. The topological polar surface area (TPSA) is 41.5 Å². The van der Waals surface area contributed by atoms with Crippen LogP contribution in [0.5, 0.6) is 0 Å². The average molecular weight is 257 g/mol. The summed E-state index contributed by atoms with van der Waals surface area (Å²) in [6, 6.07) is 0.621. The van der Waals surface area contributed by atoms with Crippen molar-refractivity contribution in [3.8, 4) is 0 Å². The van der Waals surface area contributed by atoms with E-state index in [4.69, 9.17) is 4.74 Å². The van der Waals surface area contributed by atoms with Crippen LogP contribution >= 0.6 is 0 Å². The molecule has 0 aromatic rings. The van der Waals surface area contributed by atoms with Gasteiger partial charge in [-0.3, -0.25) is 0 Å². The standard InChI is InChI=1S/C15H31NO2/c1-12(2)6-5-9-18-13(3)10-15(4,11-17)16-14-7-8-14/h12-14,16-17H,5-11H2,1-4H3. The fourth-order valence-electron chi connectivity index (χ4n) is 2.36. The number of nitrogens with one attached hydrogen (secondary N) is 1. The first kappa shape index (κ1) is 15.9. The van der Waals surface area contributed by atoms with Crippen molar-refractivity contribution in [2.45, 2.75) is 77.5 Å². The molecule has 0 saturated heterocycles. The Morgan fingerprint density at radius 3 is 2.50 bits per heavy atom. The fraction of sp³-hybridized carbons (Fsp3) is 1.00. The zero-order chi connectivity index (χ0) is 13.6. The van der Waals surface area contributed by atoms with E-state index in [9.17, 15) is 5.11 Å². The van der Waals surface area contributed by atoms with E-state index >= 15 is 0 Å². The first-order valence-electron chi connectivity index (χ1n) is 7.45. The van der Waals surface area contributed by atoms with E-state index in [2.05, 4.69) is 33.0 Å². The molecule has 108 valence electrons. The lowest BCUT2D eigenvalue weighted by molar-refractivity contribution is 0.0250. The maximum atomic E-state index is 9.54. The van der Waals surface area contributed by atoms with Gasteiger partial charge in [-0.05, 0) is 51.9 Å². The van der Waals surface area contributed by atoms with Gasteiger partial charge in [-0.25, -0.2) is 0 Å². The third-order valence-corrected chi connectivity index (χ3v) is 3.55. The summed E-state index contributed by atoms with van der Waals surface area (Å²) in [7, 11) is 0. The van der Waals surface area contributed by atoms with Gasteiger partial charge in [0.05, 0.1) is 12.7 Å². The van der Waals surface area contributed by atoms with Crippen LogP contribution in [-0.4, -0.2) is 36.0 Å². The molecule has 0 heterocycles. The molecule has 0 bridgehead atoms. The van der Waals surface area contributed by atoms with Crippen LogP contribution in [0.25, 0.3) is 0 Å². The molecular weight excluding hydrogens is 226 g/mol. The highest BCUT2D eigenvalue weighted by atomic mass is 16.5. The van der Waals surface area contributed by atoms with Gasteiger partial charge < -0.3 is 15.2 Å². The van der Waals surface area contributed by atoms with Crippen LogP contribution in [0.1, 0.15) is 59.8 Å². The van der Waals surface area contributed by atoms with E-state index in [1.165, 1.54) is 19.3 Å². The van der Waals surface area contributed by atoms with Gasteiger partial charge in [0.25, 0.3) is 0 Å². The Balaban J connectivity index is 2.17. The number of aliphatic hydroxyl groups excluding tert-OH is 1. The SMILES string of the molecule is CC(C)CCCOC(C)CC(C)(CO)NC1CC1. The molecule has 2 atom stereocenters. The molecular formula is C15H31NO2. The summed E-state index contributed by atoms with van der Waals surface area (Å²) in [5, 5.41) is 13.1. The summed E-state index contributed by atoms with van der Waals surface area (Å²) in [5.41, 5.74) is -0.182. The molecule has 0 spiro atoms. The molecule has 1 rings (SSSR count). The van der Waals surface area contributed by atoms with E-state index in [-0.39, 0.29) is 18.2 Å². The molecule has 1 saturated carbocycles. The van der Waals surface area contributed by atoms with Gasteiger partial charge >= 0.3 is 0 Å². The van der Waals surface area contributed by atoms with E-state index in [1.807, 2.05) is 0 Å². The highest BCUT2D eigenvalue weighted by molar-refractivity contribution is 4.93. The molecule has 0 amide bonds. The van der Waals surface area contributed by atoms with E-state index in [0.717, 1.165) is 25.4 Å². The van der Waals surface area contributed by atoms with E-state index < -0.39 is 0 Å². The Hall–Kier alpha value is -0.120. The molecule has 18 heavy (non-hydrogen) atoms. The molecule has 2 unspecified atom stereocenters. The Bertz CT molecular complexity index is 229. The van der Waals surface area contributed by atoms with Gasteiger partial charge in [-0.15, -0.1) is 0 Å². The van der Waals surface area contributed by atoms with Crippen LogP contribution in [0.2, 0.25) is 0 Å². The minimum atomic E-state index is -0.182. The zero-order valence-electron chi connectivity index (χ0n) is 12.5. The second kappa shape index (κ2) is 7.46. The Labute approximate surface area is 112 Å². The number of ether oxygens (including phenoxy) is 1. The summed E-state index contributed by atoms with van der Waals surface area (Å²) < 4.78 is 5.84. The van der Waals surface area contributed by atoms with Crippen molar-refractivity contribution in [2.75, 3.05) is 13.2 Å².